The van der Waals surface area contributed by atoms with Crippen LogP contribution in [0.4, 0.5) is 4.79 Å². The van der Waals surface area contributed by atoms with Crippen molar-refractivity contribution >= 4 is 17.9 Å². The number of amides is 3. The second-order valence-corrected chi connectivity index (χ2v) is 4.29. The molecule has 108 valence electrons. The Hall–Kier alpha value is -2.58. The highest BCUT2D eigenvalue weighted by molar-refractivity contribution is 5.91. The SMILES string of the molecule is O=C(O)CC1C(=O)NCCN1C(=O)NCc1ncc[nH]1. The lowest BCUT2D eigenvalue weighted by molar-refractivity contribution is -0.142. The van der Waals surface area contributed by atoms with Crippen LogP contribution in [0, 0.1) is 0 Å². The third kappa shape index (κ3) is 3.25. The van der Waals surface area contributed by atoms with Gasteiger partial charge in [0.05, 0.1) is 13.0 Å². The summed E-state index contributed by atoms with van der Waals surface area (Å²) in [5, 5.41) is 14.0. The molecule has 9 heteroatoms. The van der Waals surface area contributed by atoms with E-state index in [4.69, 9.17) is 5.11 Å². The fourth-order valence-electron chi connectivity index (χ4n) is 1.98. The Balaban J connectivity index is 1.97. The number of nitrogens with one attached hydrogen (secondary N) is 3. The van der Waals surface area contributed by atoms with E-state index < -0.39 is 30.4 Å². The Labute approximate surface area is 114 Å². The van der Waals surface area contributed by atoms with E-state index in [0.29, 0.717) is 12.4 Å². The minimum atomic E-state index is -1.13. The van der Waals surface area contributed by atoms with E-state index in [1.54, 1.807) is 12.4 Å². The van der Waals surface area contributed by atoms with Crippen molar-refractivity contribution in [2.75, 3.05) is 13.1 Å². The third-order valence-electron chi connectivity index (χ3n) is 2.92. The van der Waals surface area contributed by atoms with Gasteiger partial charge in [0.2, 0.25) is 5.91 Å². The maximum Gasteiger partial charge on any atom is 0.318 e. The number of H-pyrrole nitrogens is 1. The summed E-state index contributed by atoms with van der Waals surface area (Å²) in [5.41, 5.74) is 0. The molecule has 1 atom stereocenters. The zero-order valence-electron chi connectivity index (χ0n) is 10.6. The number of aromatic amines is 1. The van der Waals surface area contributed by atoms with Crippen LogP contribution in [-0.4, -0.2) is 57.0 Å². The normalized spacial score (nSPS) is 18.5. The highest BCUT2D eigenvalue weighted by atomic mass is 16.4. The fraction of sp³-hybridized carbons (Fsp3) is 0.455. The first-order chi connectivity index (χ1) is 9.58. The van der Waals surface area contributed by atoms with Gasteiger partial charge in [-0.25, -0.2) is 9.78 Å². The van der Waals surface area contributed by atoms with Crippen LogP contribution in [0.5, 0.6) is 0 Å². The van der Waals surface area contributed by atoms with Gasteiger partial charge in [0.15, 0.2) is 0 Å². The average Bonchev–Trinajstić information content (AvgIpc) is 2.91. The summed E-state index contributed by atoms with van der Waals surface area (Å²) < 4.78 is 0. The monoisotopic (exact) mass is 281 g/mol. The number of carbonyl (C=O) groups excluding carboxylic acids is 2. The Morgan fingerprint density at radius 2 is 2.35 bits per heavy atom. The molecule has 20 heavy (non-hydrogen) atoms. The van der Waals surface area contributed by atoms with Crippen molar-refractivity contribution in [3.8, 4) is 0 Å². The van der Waals surface area contributed by atoms with Gasteiger partial charge in [-0.05, 0) is 0 Å². The largest absolute Gasteiger partial charge is 0.481 e. The highest BCUT2D eigenvalue weighted by Crippen LogP contribution is 2.09. The van der Waals surface area contributed by atoms with Crippen LogP contribution in [0.25, 0.3) is 0 Å². The van der Waals surface area contributed by atoms with Gasteiger partial charge >= 0.3 is 12.0 Å². The van der Waals surface area contributed by atoms with Crippen molar-refractivity contribution in [2.24, 2.45) is 0 Å². The van der Waals surface area contributed by atoms with Crippen LogP contribution in [0.15, 0.2) is 12.4 Å². The molecule has 1 saturated heterocycles. The predicted octanol–water partition coefficient (Wildman–Crippen LogP) is -1.11. The molecule has 1 unspecified atom stereocenters. The van der Waals surface area contributed by atoms with Crippen LogP contribution in [0.1, 0.15) is 12.2 Å². The molecule has 0 aliphatic carbocycles. The summed E-state index contributed by atoms with van der Waals surface area (Å²) in [6, 6.07) is -1.47. The lowest BCUT2D eigenvalue weighted by Crippen LogP contribution is -2.59. The van der Waals surface area contributed by atoms with Crippen molar-refractivity contribution in [3.63, 3.8) is 0 Å². The summed E-state index contributed by atoms with van der Waals surface area (Å²) in [5.74, 6) is -1.00. The van der Waals surface area contributed by atoms with Crippen molar-refractivity contribution in [2.45, 2.75) is 19.0 Å². The minimum Gasteiger partial charge on any atom is -0.481 e. The molecule has 0 bridgehead atoms. The zero-order chi connectivity index (χ0) is 14.5. The zero-order valence-corrected chi connectivity index (χ0v) is 10.6. The van der Waals surface area contributed by atoms with Crippen molar-refractivity contribution < 1.29 is 19.5 Å². The highest BCUT2D eigenvalue weighted by Gasteiger charge is 2.34. The average molecular weight is 281 g/mol. The van der Waals surface area contributed by atoms with E-state index in [1.807, 2.05) is 0 Å². The first-order valence-electron chi connectivity index (χ1n) is 6.10. The summed E-state index contributed by atoms with van der Waals surface area (Å²) in [6.45, 7) is 0.764. The van der Waals surface area contributed by atoms with Gasteiger partial charge < -0.3 is 25.6 Å². The molecule has 1 aromatic heterocycles. The van der Waals surface area contributed by atoms with Crippen molar-refractivity contribution in [3.05, 3.63) is 18.2 Å². The molecule has 0 saturated carbocycles. The number of urea groups is 1. The second kappa shape index (κ2) is 6.04. The first-order valence-corrected chi connectivity index (χ1v) is 6.10. The maximum absolute atomic E-state index is 12.0. The number of carbonyl (C=O) groups is 3. The van der Waals surface area contributed by atoms with Gasteiger partial charge in [0.25, 0.3) is 0 Å². The molecule has 1 aliphatic heterocycles. The van der Waals surface area contributed by atoms with E-state index in [2.05, 4.69) is 20.6 Å². The Bertz CT molecular complexity index is 501. The summed E-state index contributed by atoms with van der Waals surface area (Å²) in [6.07, 6.45) is 2.77. The summed E-state index contributed by atoms with van der Waals surface area (Å²) in [7, 11) is 0. The lowest BCUT2D eigenvalue weighted by Gasteiger charge is -2.34. The lowest BCUT2D eigenvalue weighted by atomic mass is 10.1. The smallest absolute Gasteiger partial charge is 0.318 e. The molecule has 3 amide bonds. The van der Waals surface area contributed by atoms with E-state index in [-0.39, 0.29) is 13.1 Å². The van der Waals surface area contributed by atoms with Crippen molar-refractivity contribution in [1.29, 1.82) is 0 Å². The van der Waals surface area contributed by atoms with E-state index in [9.17, 15) is 14.4 Å². The molecule has 1 aromatic rings. The number of aromatic nitrogens is 2. The molecule has 1 aliphatic rings. The van der Waals surface area contributed by atoms with Crippen LogP contribution < -0.4 is 10.6 Å². The number of imidazole rings is 1. The van der Waals surface area contributed by atoms with E-state index in [1.165, 1.54) is 4.90 Å². The van der Waals surface area contributed by atoms with Crippen LogP contribution in [0.3, 0.4) is 0 Å². The molecule has 0 spiro atoms. The van der Waals surface area contributed by atoms with Gasteiger partial charge in [0, 0.05) is 25.5 Å². The molecule has 9 nitrogen and oxygen atoms in total. The molecule has 0 radical (unpaired) electrons. The van der Waals surface area contributed by atoms with Gasteiger partial charge in [0.1, 0.15) is 11.9 Å². The number of hydrogen-bond acceptors (Lipinski definition) is 4. The third-order valence-corrected chi connectivity index (χ3v) is 2.92. The number of carboxylic acid groups (broad SMARTS) is 1. The molecule has 0 aromatic carbocycles. The van der Waals surface area contributed by atoms with Gasteiger partial charge in [-0.2, -0.15) is 0 Å². The van der Waals surface area contributed by atoms with E-state index >= 15 is 0 Å². The molecular formula is C11H15N5O4. The molecular weight excluding hydrogens is 266 g/mol. The second-order valence-electron chi connectivity index (χ2n) is 4.29. The molecule has 2 rings (SSSR count). The van der Waals surface area contributed by atoms with E-state index in [0.717, 1.165) is 0 Å². The number of rotatable bonds is 4. The van der Waals surface area contributed by atoms with Gasteiger partial charge in [-0.3, -0.25) is 9.59 Å². The fourth-order valence-corrected chi connectivity index (χ4v) is 1.98. The predicted molar refractivity (Wildman–Crippen MR) is 66.6 cm³/mol. The van der Waals surface area contributed by atoms with Crippen LogP contribution >= 0.6 is 0 Å². The molecule has 1 fully saturated rings. The number of nitrogens with zero attached hydrogens (tertiary/aromatic N) is 2. The Morgan fingerprint density at radius 3 is 3.00 bits per heavy atom. The topological polar surface area (TPSA) is 127 Å². The quantitative estimate of drug-likeness (QED) is 0.556. The number of aliphatic carboxylic acids is 1. The number of carboxylic acids is 1. The van der Waals surface area contributed by atoms with Crippen LogP contribution in [0.2, 0.25) is 0 Å². The number of piperazine rings is 1. The summed E-state index contributed by atoms with van der Waals surface area (Å²) in [4.78, 5) is 42.5. The minimum absolute atomic E-state index is 0.184. The van der Waals surface area contributed by atoms with Gasteiger partial charge in [-0.1, -0.05) is 0 Å². The first kappa shape index (κ1) is 13.8. The number of hydrogen-bond donors (Lipinski definition) is 4. The Morgan fingerprint density at radius 1 is 1.55 bits per heavy atom. The maximum atomic E-state index is 12.0. The van der Waals surface area contributed by atoms with Crippen molar-refractivity contribution in [1.82, 2.24) is 25.5 Å². The van der Waals surface area contributed by atoms with Gasteiger partial charge in [-0.15, -0.1) is 0 Å². The standard InChI is InChI=1S/C11H15N5O4/c17-9(18)5-7-10(19)14-3-4-16(7)11(20)15-6-8-12-1-2-13-8/h1-2,7H,3-6H2,(H,12,13)(H,14,19)(H,15,20)(H,17,18). The molecule has 4 N–H and O–H groups in total. The Kier molecular flexibility index (Phi) is 4.18. The van der Waals surface area contributed by atoms with Crippen LogP contribution in [-0.2, 0) is 16.1 Å². The molecule has 2 heterocycles. The summed E-state index contributed by atoms with van der Waals surface area (Å²) >= 11 is 0.